The summed E-state index contributed by atoms with van der Waals surface area (Å²) in [5, 5.41) is 21.0. The molecule has 1 aliphatic heterocycles. The van der Waals surface area contributed by atoms with Crippen LogP contribution in [-0.4, -0.2) is 77.8 Å². The van der Waals surface area contributed by atoms with Crippen molar-refractivity contribution >= 4 is 38.8 Å². The minimum absolute atomic E-state index is 0.0136. The second-order valence-electron chi connectivity index (χ2n) is 17.7. The van der Waals surface area contributed by atoms with Gasteiger partial charge >= 0.3 is 30.1 Å². The molecule has 10 rings (SSSR count). The molecule has 0 amide bonds. The van der Waals surface area contributed by atoms with Gasteiger partial charge in [0.05, 0.1) is 41.1 Å². The third-order valence-corrected chi connectivity index (χ3v) is 12.6. The van der Waals surface area contributed by atoms with Gasteiger partial charge in [0.15, 0.2) is 11.2 Å². The largest absolute Gasteiger partial charge is 0.573 e. The standard InChI is InChI=1S/C24H22F3N5O5.C19H18F3N3O5.C6H6BrN/c1-30-19-18(20(33)31(22(30)34)12-10-23(35)8-9-23)32(14-15-5-2-3-11-28-15)21(29-19)36-16-6-4-7-17(13-16)37-24(25,26)27;1-24-15-13(16(26)25(17(24)27)8-7-18(28)5-6-18)10-14(23-15)29-11-3-2-4-12(9-11)30-19(20,21)22;7-5-6-3-1-2-4-8-6/h2-7,11,13,35H,8-10,12,14H2,1H3;2-4,9,28H,5-8,10H2,1H3;1-4H,5H2. The van der Waals surface area contributed by atoms with Gasteiger partial charge in [0.1, 0.15) is 28.8 Å². The highest BCUT2D eigenvalue weighted by Gasteiger charge is 2.41. The number of aryl methyl sites for hydroxylation is 1. The first-order chi connectivity index (χ1) is 35.5. The van der Waals surface area contributed by atoms with E-state index in [0.717, 1.165) is 44.4 Å². The molecule has 19 nitrogen and oxygen atoms in total. The minimum Gasteiger partial charge on any atom is -0.442 e. The zero-order valence-corrected chi connectivity index (χ0v) is 41.4. The van der Waals surface area contributed by atoms with Gasteiger partial charge in [-0.15, -0.1) is 26.3 Å². The van der Waals surface area contributed by atoms with E-state index in [9.17, 15) is 55.7 Å². The Kier molecular flexibility index (Phi) is 15.5. The Labute approximate surface area is 428 Å². The predicted molar refractivity (Wildman–Crippen MR) is 261 cm³/mol. The summed E-state index contributed by atoms with van der Waals surface area (Å²) in [6.07, 6.45) is -3.33. The van der Waals surface area contributed by atoms with Crippen molar-refractivity contribution in [3.8, 4) is 29.0 Å². The Morgan fingerprint density at radius 3 is 1.64 bits per heavy atom. The maximum atomic E-state index is 13.5. The Bertz CT molecular complexity index is 3480. The molecule has 6 heterocycles. The molecule has 0 bridgehead atoms. The van der Waals surface area contributed by atoms with Crippen molar-refractivity contribution in [3.05, 3.63) is 156 Å². The van der Waals surface area contributed by atoms with Crippen molar-refractivity contribution in [1.82, 2.24) is 37.8 Å². The molecule has 2 fully saturated rings. The van der Waals surface area contributed by atoms with E-state index in [2.05, 4.69) is 45.3 Å². The van der Waals surface area contributed by atoms with Gasteiger partial charge in [0, 0.05) is 57.0 Å². The molecule has 75 heavy (non-hydrogen) atoms. The van der Waals surface area contributed by atoms with Crippen LogP contribution in [0.2, 0.25) is 0 Å². The van der Waals surface area contributed by atoms with Crippen molar-refractivity contribution in [2.45, 2.75) is 93.8 Å². The summed E-state index contributed by atoms with van der Waals surface area (Å²) >= 11 is 3.29. The predicted octanol–water partition coefficient (Wildman–Crippen LogP) is 6.95. The van der Waals surface area contributed by atoms with E-state index in [1.807, 2.05) is 18.2 Å². The highest BCUT2D eigenvalue weighted by atomic mass is 79.9. The second kappa shape index (κ2) is 21.7. The molecule has 0 spiro atoms. The van der Waals surface area contributed by atoms with Gasteiger partial charge in [0.2, 0.25) is 5.90 Å². The number of halogens is 7. The Balaban J connectivity index is 0.000000176. The van der Waals surface area contributed by atoms with E-state index in [0.29, 0.717) is 37.8 Å². The van der Waals surface area contributed by atoms with Crippen molar-refractivity contribution in [3.63, 3.8) is 0 Å². The van der Waals surface area contributed by atoms with Crippen LogP contribution in [0.25, 0.3) is 11.2 Å². The number of hydrogen-bond donors (Lipinski definition) is 2. The molecule has 2 aliphatic carbocycles. The van der Waals surface area contributed by atoms with Crippen molar-refractivity contribution in [2.75, 3.05) is 0 Å². The number of rotatable bonds is 14. The summed E-state index contributed by atoms with van der Waals surface area (Å²) in [5.74, 6) is -0.719. The Hall–Kier alpha value is -7.58. The second-order valence-corrected chi connectivity index (χ2v) is 18.3. The molecule has 0 radical (unpaired) electrons. The van der Waals surface area contributed by atoms with Gasteiger partial charge in [-0.2, -0.15) is 9.98 Å². The first-order valence-corrected chi connectivity index (χ1v) is 24.1. The zero-order chi connectivity index (χ0) is 53.9. The van der Waals surface area contributed by atoms with Gasteiger partial charge in [-0.1, -0.05) is 40.2 Å². The van der Waals surface area contributed by atoms with Gasteiger partial charge < -0.3 is 29.2 Å². The van der Waals surface area contributed by atoms with Gasteiger partial charge in [-0.05, 0) is 87.1 Å². The molecule has 7 aromatic rings. The molecule has 2 aromatic carbocycles. The number of fused-ring (bicyclic) bond motifs is 2. The lowest BCUT2D eigenvalue weighted by Crippen LogP contribution is -2.41. The van der Waals surface area contributed by atoms with Crippen LogP contribution in [0, 0.1) is 0 Å². The molecular formula is C49H46BrF6N9O10. The average molecular weight is 1110 g/mol. The third-order valence-electron chi connectivity index (χ3n) is 12.1. The number of ether oxygens (including phenoxy) is 4. The van der Waals surface area contributed by atoms with Crippen molar-refractivity contribution in [1.29, 1.82) is 0 Å². The number of aromatic nitrogens is 8. The lowest BCUT2D eigenvalue weighted by molar-refractivity contribution is -0.275. The number of imidazole rings is 1. The van der Waals surface area contributed by atoms with Crippen LogP contribution in [-0.2, 0) is 45.5 Å². The topological polar surface area (TPSA) is 221 Å². The molecule has 2 saturated carbocycles. The smallest absolute Gasteiger partial charge is 0.442 e. The number of aliphatic hydroxyl groups is 2. The first-order valence-electron chi connectivity index (χ1n) is 23.0. The van der Waals surface area contributed by atoms with E-state index in [-0.39, 0.29) is 78.4 Å². The maximum Gasteiger partial charge on any atom is 0.573 e. The fraction of sp³-hybridized carbons (Fsp3) is 0.347. The molecule has 2 N–H and O–H groups in total. The summed E-state index contributed by atoms with van der Waals surface area (Å²) in [6, 6.07) is 20.7. The van der Waals surface area contributed by atoms with Crippen LogP contribution in [0.5, 0.6) is 29.0 Å². The van der Waals surface area contributed by atoms with Crippen LogP contribution in [0.1, 0.15) is 55.5 Å². The van der Waals surface area contributed by atoms with E-state index < -0.39 is 57.9 Å². The van der Waals surface area contributed by atoms with Crippen molar-refractivity contribution in [2.24, 2.45) is 19.1 Å². The average Bonchev–Trinajstić information content (AvgIpc) is 4.20. The maximum absolute atomic E-state index is 13.5. The van der Waals surface area contributed by atoms with Gasteiger partial charge in [0.25, 0.3) is 11.1 Å². The fourth-order valence-electron chi connectivity index (χ4n) is 7.73. The monoisotopic (exact) mass is 1110 g/mol. The summed E-state index contributed by atoms with van der Waals surface area (Å²) in [6.45, 7) is 0.130. The summed E-state index contributed by atoms with van der Waals surface area (Å²) in [4.78, 5) is 68.6. The number of alkyl halides is 7. The molecule has 0 saturated heterocycles. The lowest BCUT2D eigenvalue weighted by Gasteiger charge is -2.13. The first kappa shape index (κ1) is 53.7. The van der Waals surface area contributed by atoms with Gasteiger partial charge in [-0.3, -0.25) is 42.4 Å². The summed E-state index contributed by atoms with van der Waals surface area (Å²) in [5.41, 5.74) is -2.05. The van der Waals surface area contributed by atoms with Crippen molar-refractivity contribution < 1.29 is 55.5 Å². The van der Waals surface area contributed by atoms with E-state index in [1.165, 1.54) is 52.1 Å². The van der Waals surface area contributed by atoms with E-state index in [1.54, 1.807) is 30.6 Å². The summed E-state index contributed by atoms with van der Waals surface area (Å²) in [7, 11) is 2.92. The minimum atomic E-state index is -4.89. The van der Waals surface area contributed by atoms with Crippen LogP contribution in [0.15, 0.2) is 121 Å². The normalized spacial score (nSPS) is 14.9. The lowest BCUT2D eigenvalue weighted by atomic mass is 10.2. The highest BCUT2D eigenvalue weighted by molar-refractivity contribution is 9.08. The molecule has 3 aliphatic rings. The molecule has 26 heteroatoms. The van der Waals surface area contributed by atoms with Crippen LogP contribution >= 0.6 is 15.9 Å². The van der Waals surface area contributed by atoms with Crippen LogP contribution in [0.4, 0.5) is 32.2 Å². The summed E-state index contributed by atoms with van der Waals surface area (Å²) < 4.78 is 100. The highest BCUT2D eigenvalue weighted by Crippen LogP contribution is 2.39. The zero-order valence-electron chi connectivity index (χ0n) is 39.8. The number of nitrogens with zero attached hydrogens (tertiary/aromatic N) is 9. The Morgan fingerprint density at radius 1 is 0.640 bits per heavy atom. The van der Waals surface area contributed by atoms with Crippen LogP contribution in [0.3, 0.4) is 0 Å². The molecule has 0 atom stereocenters. The third kappa shape index (κ3) is 13.6. The SMILES string of the molecule is BrCc1ccccn1.Cn1c(=O)n(CCC2(O)CC2)c(=O)c2c1nc(Oc1cccc(OC(F)(F)F)c1)n2Cc1ccccn1.Cn1c2c(c(=O)n(CCC3(O)CC3)c1=O)CC(Oc1cccc(OC(F)(F)F)c1)=N2. The molecule has 0 unspecified atom stereocenters. The molecule has 396 valence electrons. The number of benzene rings is 2. The molecular weight excluding hydrogens is 1070 g/mol. The Morgan fingerprint density at radius 2 is 1.15 bits per heavy atom. The van der Waals surface area contributed by atoms with E-state index in [4.69, 9.17) is 9.47 Å². The van der Waals surface area contributed by atoms with E-state index >= 15 is 0 Å². The van der Waals surface area contributed by atoms with Crippen LogP contribution < -0.4 is 41.4 Å². The fourth-order valence-corrected chi connectivity index (χ4v) is 8.06. The number of hydrogen-bond acceptors (Lipinski definition) is 14. The number of aliphatic imine (C=N–C) groups is 1. The number of pyridine rings is 2. The molecule has 5 aromatic heterocycles. The van der Waals surface area contributed by atoms with Gasteiger partial charge in [-0.25, -0.2) is 9.59 Å². The quantitative estimate of drug-likeness (QED) is 0.0833.